The molecule has 0 aromatic carbocycles. The topological polar surface area (TPSA) is 46.3 Å². The summed E-state index contributed by atoms with van der Waals surface area (Å²) in [5.74, 6) is 0.812. The predicted molar refractivity (Wildman–Crippen MR) is 55.7 cm³/mol. The summed E-state index contributed by atoms with van der Waals surface area (Å²) in [6.07, 6.45) is 4.13. The lowest BCUT2D eigenvalue weighted by Crippen LogP contribution is -2.53. The van der Waals surface area contributed by atoms with E-state index in [-0.39, 0.29) is 5.91 Å². The van der Waals surface area contributed by atoms with Gasteiger partial charge in [-0.05, 0) is 38.5 Å². The first-order valence-corrected chi connectivity index (χ1v) is 5.64. The monoisotopic (exact) mass is 196 g/mol. The van der Waals surface area contributed by atoms with Crippen molar-refractivity contribution in [1.29, 1.82) is 0 Å². The molecule has 0 radical (unpaired) electrons. The lowest BCUT2D eigenvalue weighted by atomic mass is 9.91. The third kappa shape index (κ3) is 1.54. The number of carbonyl (C=O) groups excluding carboxylic acids is 1. The van der Waals surface area contributed by atoms with Gasteiger partial charge in [-0.1, -0.05) is 6.92 Å². The van der Waals surface area contributed by atoms with Crippen LogP contribution < -0.4 is 5.73 Å². The zero-order valence-corrected chi connectivity index (χ0v) is 9.12. The molecular weight excluding hydrogens is 176 g/mol. The second-order valence-corrected chi connectivity index (χ2v) is 5.01. The molecule has 1 heterocycles. The minimum Gasteiger partial charge on any atom is -0.338 e. The van der Waals surface area contributed by atoms with E-state index in [1.165, 1.54) is 6.42 Å². The number of amides is 1. The van der Waals surface area contributed by atoms with E-state index in [0.717, 1.165) is 25.8 Å². The molecule has 0 aromatic heterocycles. The molecule has 1 amide bonds. The average Bonchev–Trinajstić information content (AvgIpc) is 2.89. The van der Waals surface area contributed by atoms with Crippen molar-refractivity contribution in [2.24, 2.45) is 11.7 Å². The molecule has 1 aliphatic heterocycles. The standard InChI is InChI=1S/C11H20N2O/c1-8-4-3-7-13(9(8)2)10(14)11(12)5-6-11/h8-9H,3-7,12H2,1-2H3. The second-order valence-electron chi connectivity index (χ2n) is 5.01. The van der Waals surface area contributed by atoms with Gasteiger partial charge in [0.05, 0.1) is 5.54 Å². The molecule has 2 rings (SSSR count). The predicted octanol–water partition coefficient (Wildman–Crippen LogP) is 1.12. The van der Waals surface area contributed by atoms with Gasteiger partial charge in [0.1, 0.15) is 0 Å². The van der Waals surface area contributed by atoms with Crippen LogP contribution in [0.5, 0.6) is 0 Å². The Morgan fingerprint density at radius 2 is 2.07 bits per heavy atom. The minimum atomic E-state index is -0.481. The zero-order valence-electron chi connectivity index (χ0n) is 9.12. The van der Waals surface area contributed by atoms with E-state index in [1.807, 2.05) is 4.90 Å². The van der Waals surface area contributed by atoms with Gasteiger partial charge < -0.3 is 10.6 Å². The largest absolute Gasteiger partial charge is 0.338 e. The first-order valence-electron chi connectivity index (χ1n) is 5.64. The van der Waals surface area contributed by atoms with Gasteiger partial charge in [0.25, 0.3) is 0 Å². The van der Waals surface area contributed by atoms with Crippen molar-refractivity contribution >= 4 is 5.91 Å². The van der Waals surface area contributed by atoms with E-state index in [4.69, 9.17) is 5.73 Å². The molecule has 2 unspecified atom stereocenters. The number of nitrogens with two attached hydrogens (primary N) is 1. The highest BCUT2D eigenvalue weighted by atomic mass is 16.2. The summed E-state index contributed by atoms with van der Waals surface area (Å²) < 4.78 is 0. The molecule has 0 aromatic rings. The molecule has 1 saturated carbocycles. The number of nitrogens with zero attached hydrogens (tertiary/aromatic N) is 1. The Balaban J connectivity index is 2.05. The summed E-state index contributed by atoms with van der Waals surface area (Å²) in [5.41, 5.74) is 5.46. The average molecular weight is 196 g/mol. The number of hydrogen-bond acceptors (Lipinski definition) is 2. The Kier molecular flexibility index (Phi) is 2.30. The molecule has 0 spiro atoms. The second kappa shape index (κ2) is 3.23. The van der Waals surface area contributed by atoms with E-state index in [2.05, 4.69) is 13.8 Å². The van der Waals surface area contributed by atoms with Crippen LogP contribution in [-0.2, 0) is 4.79 Å². The molecule has 2 fully saturated rings. The Morgan fingerprint density at radius 3 is 2.64 bits per heavy atom. The van der Waals surface area contributed by atoms with Crippen molar-refractivity contribution in [3.63, 3.8) is 0 Å². The Labute approximate surface area is 85.6 Å². The van der Waals surface area contributed by atoms with E-state index in [0.29, 0.717) is 12.0 Å². The molecule has 3 nitrogen and oxygen atoms in total. The Bertz CT molecular complexity index is 248. The molecule has 1 saturated heterocycles. The summed E-state index contributed by atoms with van der Waals surface area (Å²) in [5, 5.41) is 0. The van der Waals surface area contributed by atoms with E-state index in [1.54, 1.807) is 0 Å². The Hall–Kier alpha value is -0.570. The fraction of sp³-hybridized carbons (Fsp3) is 0.909. The number of rotatable bonds is 1. The number of carbonyl (C=O) groups is 1. The van der Waals surface area contributed by atoms with Gasteiger partial charge >= 0.3 is 0 Å². The highest BCUT2D eigenvalue weighted by Crippen LogP contribution is 2.36. The fourth-order valence-electron chi connectivity index (χ4n) is 2.26. The summed E-state index contributed by atoms with van der Waals surface area (Å²) in [6.45, 7) is 5.27. The highest BCUT2D eigenvalue weighted by Gasteiger charge is 2.49. The van der Waals surface area contributed by atoms with Crippen LogP contribution in [0, 0.1) is 5.92 Å². The van der Waals surface area contributed by atoms with Gasteiger partial charge in [-0.25, -0.2) is 0 Å². The zero-order chi connectivity index (χ0) is 10.3. The SMILES string of the molecule is CC1CCCN(C(=O)C2(N)CC2)C1C. The summed E-state index contributed by atoms with van der Waals surface area (Å²) in [7, 11) is 0. The minimum absolute atomic E-state index is 0.191. The normalized spacial score (nSPS) is 35.5. The highest BCUT2D eigenvalue weighted by molar-refractivity contribution is 5.89. The van der Waals surface area contributed by atoms with Crippen LogP contribution in [-0.4, -0.2) is 28.9 Å². The number of piperidine rings is 1. The van der Waals surface area contributed by atoms with Crippen molar-refractivity contribution in [3.05, 3.63) is 0 Å². The van der Waals surface area contributed by atoms with Crippen LogP contribution in [0.2, 0.25) is 0 Å². The van der Waals surface area contributed by atoms with E-state index < -0.39 is 5.54 Å². The van der Waals surface area contributed by atoms with E-state index >= 15 is 0 Å². The van der Waals surface area contributed by atoms with Crippen LogP contribution in [0.4, 0.5) is 0 Å². The molecular formula is C11H20N2O. The van der Waals surface area contributed by atoms with Crippen LogP contribution in [0.1, 0.15) is 39.5 Å². The summed E-state index contributed by atoms with van der Waals surface area (Å²) in [4.78, 5) is 14.0. The fourth-order valence-corrected chi connectivity index (χ4v) is 2.26. The molecule has 80 valence electrons. The molecule has 2 N–H and O–H groups in total. The van der Waals surface area contributed by atoms with Crippen LogP contribution in [0.15, 0.2) is 0 Å². The van der Waals surface area contributed by atoms with Gasteiger partial charge in [0.2, 0.25) is 5.91 Å². The number of hydrogen-bond donors (Lipinski definition) is 1. The van der Waals surface area contributed by atoms with Gasteiger partial charge in [0, 0.05) is 12.6 Å². The first-order chi connectivity index (χ1) is 6.54. The smallest absolute Gasteiger partial charge is 0.242 e. The third-order valence-corrected chi connectivity index (χ3v) is 3.85. The first kappa shape index (κ1) is 9.97. The molecule has 0 bridgehead atoms. The van der Waals surface area contributed by atoms with Crippen molar-refractivity contribution in [3.8, 4) is 0 Å². The van der Waals surface area contributed by atoms with E-state index in [9.17, 15) is 4.79 Å². The molecule has 1 aliphatic carbocycles. The summed E-state index contributed by atoms with van der Waals surface area (Å²) >= 11 is 0. The van der Waals surface area contributed by atoms with Crippen LogP contribution in [0.3, 0.4) is 0 Å². The molecule has 3 heteroatoms. The maximum Gasteiger partial charge on any atom is 0.242 e. The maximum atomic E-state index is 12.0. The molecule has 2 atom stereocenters. The van der Waals surface area contributed by atoms with Gasteiger partial charge in [-0.2, -0.15) is 0 Å². The van der Waals surface area contributed by atoms with Crippen LogP contribution >= 0.6 is 0 Å². The van der Waals surface area contributed by atoms with Crippen LogP contribution in [0.25, 0.3) is 0 Å². The third-order valence-electron chi connectivity index (χ3n) is 3.85. The van der Waals surface area contributed by atoms with Gasteiger partial charge in [-0.3, -0.25) is 4.79 Å². The van der Waals surface area contributed by atoms with Crippen molar-refractivity contribution in [1.82, 2.24) is 4.90 Å². The lowest BCUT2D eigenvalue weighted by Gasteiger charge is -2.39. The Morgan fingerprint density at radius 1 is 1.43 bits per heavy atom. The van der Waals surface area contributed by atoms with Crippen molar-refractivity contribution in [2.75, 3.05) is 6.54 Å². The van der Waals surface area contributed by atoms with Crippen molar-refractivity contribution < 1.29 is 4.79 Å². The van der Waals surface area contributed by atoms with Gasteiger partial charge in [-0.15, -0.1) is 0 Å². The lowest BCUT2D eigenvalue weighted by molar-refractivity contribution is -0.138. The quantitative estimate of drug-likeness (QED) is 0.683. The molecule has 14 heavy (non-hydrogen) atoms. The number of likely N-dealkylation sites (tertiary alicyclic amines) is 1. The maximum absolute atomic E-state index is 12.0. The summed E-state index contributed by atoms with van der Waals surface area (Å²) in [6, 6.07) is 0.372. The van der Waals surface area contributed by atoms with Crippen molar-refractivity contribution in [2.45, 2.75) is 51.1 Å². The van der Waals surface area contributed by atoms with Gasteiger partial charge in [0.15, 0.2) is 0 Å². The molecule has 2 aliphatic rings.